The molecule has 7 aromatic rings. The number of unbranched alkanes of at least 4 members (excludes halogenated alkanes) is 6. The van der Waals surface area contributed by atoms with Gasteiger partial charge >= 0.3 is 0 Å². The minimum Gasteiger partial charge on any atom is -0.359 e. The monoisotopic (exact) mass is 2080 g/mol. The summed E-state index contributed by atoms with van der Waals surface area (Å²) in [4.78, 5) is 149. The highest BCUT2D eigenvalue weighted by atomic mass is 32.1. The fourth-order valence-corrected chi connectivity index (χ4v) is 23.4. The summed E-state index contributed by atoms with van der Waals surface area (Å²) < 4.78 is 0. The van der Waals surface area contributed by atoms with Crippen molar-refractivity contribution in [1.82, 2.24) is 44.9 Å². The molecule has 0 bridgehead atoms. The van der Waals surface area contributed by atoms with Crippen LogP contribution in [0.5, 0.6) is 0 Å². The average Bonchev–Trinajstić information content (AvgIpc) is 1.03. The normalized spacial score (nSPS) is 16.6. The van der Waals surface area contributed by atoms with Gasteiger partial charge in [-0.2, -0.15) is 15.0 Å². The number of thiazole rings is 2. The first-order chi connectivity index (χ1) is 71.5. The molecule has 4 unspecified atom stereocenters. The van der Waals surface area contributed by atoms with Gasteiger partial charge in [-0.1, -0.05) is 301 Å². The molecule has 6 heterocycles. The number of allylic oxidation sites excluding steroid dienone is 1. The number of aromatic nitrogens is 2. The Morgan fingerprint density at radius 3 is 1.19 bits per heavy atom. The summed E-state index contributed by atoms with van der Waals surface area (Å²) >= 11 is 3.15. The zero-order chi connectivity index (χ0) is 110. The maximum Gasteiger partial charge on any atom is 0.280 e. The van der Waals surface area contributed by atoms with Gasteiger partial charge in [-0.25, -0.2) is 30.0 Å². The number of hydrazine groups is 3. The molecule has 4 aliphatic heterocycles. The molecule has 5 aromatic carbocycles. The van der Waals surface area contributed by atoms with Gasteiger partial charge in [0, 0.05) is 135 Å². The van der Waals surface area contributed by atoms with E-state index < -0.39 is 41.4 Å². The number of hydrogen-bond acceptors (Lipinski definition) is 18. The summed E-state index contributed by atoms with van der Waals surface area (Å²) in [7, 11) is 4.98. The Hall–Kier alpha value is -11.4. The summed E-state index contributed by atoms with van der Waals surface area (Å²) in [6.07, 6.45) is 36.3. The van der Waals surface area contributed by atoms with Crippen molar-refractivity contribution >= 4 is 110 Å². The van der Waals surface area contributed by atoms with Crippen LogP contribution in [0.3, 0.4) is 0 Å². The van der Waals surface area contributed by atoms with Crippen molar-refractivity contribution in [2.75, 3.05) is 70.2 Å². The largest absolute Gasteiger partial charge is 0.359 e. The fourth-order valence-electron chi connectivity index (χ4n) is 21.3. The number of anilines is 2. The molecule has 4 atom stereocenters. The fraction of sp³-hybridized carbons (Fsp3) is 0.528. The number of imide groups is 4. The molecule has 0 radical (unpaired) electrons. The van der Waals surface area contributed by atoms with Gasteiger partial charge in [-0.05, 0) is 279 Å². The molecule has 5 aliphatic rings. The van der Waals surface area contributed by atoms with Crippen molar-refractivity contribution in [1.29, 1.82) is 0 Å². The molecule has 21 nitrogen and oxygen atoms in total. The molecule has 12 rings (SSSR count). The highest BCUT2D eigenvalue weighted by Crippen LogP contribution is 2.47. The quantitative estimate of drug-likeness (QED) is 0.0256. The molecule has 1 fully saturated rings. The van der Waals surface area contributed by atoms with Crippen LogP contribution in [-0.2, 0) is 39.0 Å². The summed E-state index contributed by atoms with van der Waals surface area (Å²) in [5.41, 5.74) is 21.6. The van der Waals surface area contributed by atoms with Crippen molar-refractivity contribution in [2.24, 2.45) is 28.7 Å². The van der Waals surface area contributed by atoms with E-state index in [0.717, 1.165) is 201 Å². The first-order valence-electron chi connectivity index (χ1n) is 56.2. The summed E-state index contributed by atoms with van der Waals surface area (Å²) in [6.45, 7) is 59.8. The number of rotatable bonds is 44. The molecular weight excluding hydrogens is 1900 g/mol. The Morgan fingerprint density at radius 1 is 0.413 bits per heavy atom. The van der Waals surface area contributed by atoms with Crippen LogP contribution in [0.4, 0.5) is 10.3 Å². The van der Waals surface area contributed by atoms with Gasteiger partial charge in [0.05, 0.1) is 26.8 Å². The van der Waals surface area contributed by atoms with Crippen LogP contribution < -0.4 is 9.80 Å². The predicted molar refractivity (Wildman–Crippen MR) is 623 cm³/mol. The van der Waals surface area contributed by atoms with Crippen LogP contribution >= 0.6 is 22.7 Å². The SMILES string of the molecule is CCCCC(CC)CN(CC(CC)CCCC)C1=NC(c2c(C)cc(C3CCCCC3)cc2C)=C(/C=C2\C(=O)N(N(C)C)C(=O)C(C)=C2C)C1.CCCCC(CC)CN(CC(CC)CCCC)c1nc(-c2c(C)cccc2C)c(/C=C2\C(=O)N(N(C(C)=O)C(=O)c3ccccc3)C(=O)C(C)=C2C)s1.CCCCN(CCCC)c1nc(-c2c(C)cc(C(C)(C)C)cc2C)c(/C=C2\C(=O)N(N(C)C(=O)c3ccccc3)C(=O)C(C)=C2C)s1. The van der Waals surface area contributed by atoms with Crippen molar-refractivity contribution in [3.8, 4) is 22.5 Å². The van der Waals surface area contributed by atoms with E-state index in [1.807, 2.05) is 38.1 Å². The van der Waals surface area contributed by atoms with Crippen LogP contribution in [0.15, 0.2) is 170 Å². The third-order valence-corrected chi connectivity index (χ3v) is 33.4. The predicted octanol–water partition coefficient (Wildman–Crippen LogP) is 30.0. The standard InChI is InChI=1S/C44H58N4O4S.C44H68N4O2.C39H50N4O3S/c1-10-14-22-34(12-3)27-46(28-35(13-4)23-15-11-2)44-45-40(39-29(5)20-19-21-30(39)6)38(53-44)26-37-31(7)32(8)41(50)48(43(37)52)47(33(9)49)42(51)36-24-17-16-18-25-36;1-11-15-20-34(13-3)28-47(29-35(14-4)21-16-12-2)40-27-38(26-39-32(7)33(8)43(49)48(44(39)50)46(9)10)42(45-40)41-30(5)24-37(25-31(41)6)36-22-18-17-19-23-36;1-11-13-20-42(21-14-12-2)38-40-34(33-25(3)22-30(23-26(33)4)39(7,8)9)32(47-38)24-31-27(5)28(6)35(44)43(37(31)46)41(10)36(45)29-18-16-15-17-19-29/h16-21,24-26,34-35H,10-15,22-23,27-28H2,1-9H3;24-26,34-36H,11-23,27-29H2,1-10H3;15-19,22-24H,11-14,20-21H2,1-10H3/b37-26-;39-26-;31-24-. The molecule has 150 heavy (non-hydrogen) atoms. The van der Waals surface area contributed by atoms with Gasteiger partial charge in [0.2, 0.25) is 5.91 Å². The van der Waals surface area contributed by atoms with Crippen molar-refractivity contribution in [3.63, 3.8) is 0 Å². The van der Waals surface area contributed by atoms with Crippen LogP contribution in [0.2, 0.25) is 0 Å². The lowest BCUT2D eigenvalue weighted by Crippen LogP contribution is -2.57. The number of aliphatic imine (C=N–C) groups is 1. The molecule has 9 amide bonds. The smallest absolute Gasteiger partial charge is 0.280 e. The van der Waals surface area contributed by atoms with Gasteiger partial charge in [-0.3, -0.25) is 43.2 Å². The molecule has 0 spiro atoms. The van der Waals surface area contributed by atoms with E-state index in [0.29, 0.717) is 85.0 Å². The Labute approximate surface area is 907 Å². The van der Waals surface area contributed by atoms with Crippen LogP contribution in [0.25, 0.3) is 40.4 Å². The van der Waals surface area contributed by atoms with E-state index in [1.54, 1.807) is 124 Å². The summed E-state index contributed by atoms with van der Waals surface area (Å²) in [5.74, 6) is -0.834. The van der Waals surface area contributed by atoms with E-state index in [9.17, 15) is 43.2 Å². The van der Waals surface area contributed by atoms with E-state index >= 15 is 0 Å². The van der Waals surface area contributed by atoms with Crippen LogP contribution in [0, 0.1) is 65.2 Å². The van der Waals surface area contributed by atoms with Crippen LogP contribution in [0.1, 0.15) is 392 Å². The van der Waals surface area contributed by atoms with Crippen molar-refractivity contribution in [3.05, 3.63) is 236 Å². The number of aryl methyl sites for hydroxylation is 6. The van der Waals surface area contributed by atoms with Gasteiger partial charge in [-0.15, -0.1) is 0 Å². The minimum atomic E-state index is -0.749. The molecule has 810 valence electrons. The van der Waals surface area contributed by atoms with Gasteiger partial charge in [0.1, 0.15) is 5.84 Å². The molecule has 0 saturated heterocycles. The number of benzene rings is 5. The molecule has 23 heteroatoms. The maximum atomic E-state index is 14.5. The third kappa shape index (κ3) is 29.3. The lowest BCUT2D eigenvalue weighted by molar-refractivity contribution is -0.163. The third-order valence-electron chi connectivity index (χ3n) is 31.3. The first-order valence-corrected chi connectivity index (χ1v) is 57.8. The van der Waals surface area contributed by atoms with E-state index in [4.69, 9.17) is 15.0 Å². The molecule has 0 N–H and O–H groups in total. The zero-order valence-electron chi connectivity index (χ0n) is 96.4. The molecule has 1 saturated carbocycles. The number of amides is 9. The second-order valence-electron chi connectivity index (χ2n) is 43.8. The molecule has 1 aliphatic carbocycles. The van der Waals surface area contributed by atoms with Gasteiger partial charge < -0.3 is 14.7 Å². The maximum absolute atomic E-state index is 14.5. The number of carbonyl (C=O) groups excluding carboxylic acids is 9. The molecular formula is C127H176N12O9S2. The summed E-state index contributed by atoms with van der Waals surface area (Å²) in [5, 5.41) is 8.18. The number of amidine groups is 1. The lowest BCUT2D eigenvalue weighted by Gasteiger charge is -2.35. The Bertz CT molecular complexity index is 6110. The Balaban J connectivity index is 0.000000230. The molecule has 2 aromatic heterocycles. The highest BCUT2D eigenvalue weighted by molar-refractivity contribution is 7.17. The highest BCUT2D eigenvalue weighted by Gasteiger charge is 2.45. The number of carbonyl (C=O) groups is 9. The van der Waals surface area contributed by atoms with Crippen molar-refractivity contribution < 1.29 is 43.2 Å². The van der Waals surface area contributed by atoms with Crippen molar-refractivity contribution in [2.45, 2.75) is 358 Å². The van der Waals surface area contributed by atoms with Gasteiger partial charge in [0.25, 0.3) is 47.3 Å². The first kappa shape index (κ1) is 120. The zero-order valence-corrected chi connectivity index (χ0v) is 98.1. The number of nitrogens with zero attached hydrogens (tertiary/aromatic N) is 12. The minimum absolute atomic E-state index is 0.00362. The Morgan fingerprint density at radius 2 is 0.787 bits per heavy atom. The topological polar surface area (TPSA) is 221 Å². The average molecular weight is 2080 g/mol. The summed E-state index contributed by atoms with van der Waals surface area (Å²) in [6, 6.07) is 32.4. The van der Waals surface area contributed by atoms with E-state index in [-0.39, 0.29) is 33.9 Å². The van der Waals surface area contributed by atoms with Gasteiger partial charge in [0.15, 0.2) is 10.3 Å². The van der Waals surface area contributed by atoms with E-state index in [1.165, 1.54) is 143 Å². The van der Waals surface area contributed by atoms with Crippen LogP contribution in [-0.4, -0.2) is 164 Å². The second-order valence-corrected chi connectivity index (χ2v) is 45.8. The second kappa shape index (κ2) is 56.3. The van der Waals surface area contributed by atoms with E-state index in [2.05, 4.69) is 189 Å². The Kier molecular flexibility index (Phi) is 45.2. The number of hydrogen-bond donors (Lipinski definition) is 0. The lowest BCUT2D eigenvalue weighted by atomic mass is 9.81.